The quantitative estimate of drug-likeness (QED) is 0.0269. The predicted molar refractivity (Wildman–Crippen MR) is 243 cm³/mol. The van der Waals surface area contributed by atoms with E-state index in [9.17, 15) is 48.1 Å². The number of hydrogen-bond donors (Lipinski definition) is 8. The number of rotatable bonds is 22. The van der Waals surface area contributed by atoms with E-state index in [1.165, 1.54) is 23.2 Å². The number of nitrogens with two attached hydrogens (primary N) is 2. The molecule has 0 spiro atoms. The molecule has 2 aliphatic heterocycles. The monoisotopic (exact) mass is 1010 g/mol. The third-order valence-corrected chi connectivity index (χ3v) is 12.5. The molecule has 0 saturated carbocycles. The van der Waals surface area contributed by atoms with Crippen LogP contribution in [0.2, 0.25) is 0 Å². The van der Waals surface area contributed by atoms with Gasteiger partial charge in [0.05, 0.1) is 19.5 Å². The number of benzene rings is 2. The first-order valence-corrected chi connectivity index (χ1v) is 24.5. The van der Waals surface area contributed by atoms with Gasteiger partial charge >= 0.3 is 27.3 Å². The Labute approximate surface area is 397 Å². The smallest absolute Gasteiger partial charge is 0.455 e. The van der Waals surface area contributed by atoms with E-state index in [2.05, 4.69) is 41.7 Å². The molecule has 28 heteroatoms. The zero-order valence-electron chi connectivity index (χ0n) is 36.9. The summed E-state index contributed by atoms with van der Waals surface area (Å²) < 4.78 is 60.8. The SMILES string of the molecule is C=CCCC(=O)N[C@@H](Cc1ccccc1)C(=O)N[C@@H](Cc1ccccc1)C(=O)OC1C(O)[C@H](n2cnc3c(N)ncnc32)O[C@@H]1COP(=O)(O)OC1C[C@H](n2ccc(N)nc2=O)O[C@@H]1COP(=O)(O)O. The van der Waals surface area contributed by atoms with E-state index in [-0.39, 0.29) is 48.5 Å². The molecule has 10 atom stereocenters. The van der Waals surface area contributed by atoms with Gasteiger partial charge in [0, 0.05) is 31.9 Å². The Balaban J connectivity index is 1.14. The van der Waals surface area contributed by atoms with Crippen LogP contribution in [0.5, 0.6) is 0 Å². The number of nitrogens with one attached hydrogen (secondary N) is 2. The fraction of sp³-hybridized carbons (Fsp3) is 0.381. The van der Waals surface area contributed by atoms with Gasteiger partial charge in [0.2, 0.25) is 11.8 Å². The van der Waals surface area contributed by atoms with Gasteiger partial charge in [0.1, 0.15) is 60.4 Å². The van der Waals surface area contributed by atoms with Gasteiger partial charge in [-0.2, -0.15) is 4.98 Å². The minimum Gasteiger partial charge on any atom is -0.455 e. The first kappa shape index (κ1) is 51.6. The number of ether oxygens (including phenoxy) is 3. The molecule has 7 rings (SSSR count). The van der Waals surface area contributed by atoms with Crippen molar-refractivity contribution in [1.82, 2.24) is 39.7 Å². The average molecular weight is 1010 g/mol. The van der Waals surface area contributed by atoms with E-state index < -0.39 is 107 Å². The van der Waals surface area contributed by atoms with Gasteiger partial charge in [0.15, 0.2) is 23.8 Å². The molecule has 2 amide bonds. The molecule has 10 N–H and O–H groups in total. The number of nitrogens with zero attached hydrogens (tertiary/aromatic N) is 6. The summed E-state index contributed by atoms with van der Waals surface area (Å²) in [4.78, 5) is 100.0. The van der Waals surface area contributed by atoms with Crippen molar-refractivity contribution in [3.05, 3.63) is 120 Å². The lowest BCUT2D eigenvalue weighted by atomic mass is 10.0. The lowest BCUT2D eigenvalue weighted by Gasteiger charge is -2.27. The summed E-state index contributed by atoms with van der Waals surface area (Å²) in [5, 5.41) is 17.4. The number of aliphatic hydroxyl groups excluding tert-OH is 1. The highest BCUT2D eigenvalue weighted by Crippen LogP contribution is 2.50. The topological polar surface area (TPSA) is 376 Å². The molecule has 2 aromatic carbocycles. The molecule has 2 aliphatic rings. The number of carbonyl (C=O) groups excluding carboxylic acids is 3. The summed E-state index contributed by atoms with van der Waals surface area (Å²) in [6, 6.07) is 16.1. The number of fused-ring (bicyclic) bond motifs is 1. The number of aliphatic hydroxyl groups is 1. The Morgan fingerprint density at radius 1 is 0.886 bits per heavy atom. The van der Waals surface area contributed by atoms with Crippen LogP contribution in [0.25, 0.3) is 11.2 Å². The number of esters is 1. The second kappa shape index (κ2) is 22.6. The zero-order valence-corrected chi connectivity index (χ0v) is 38.7. The molecule has 374 valence electrons. The van der Waals surface area contributed by atoms with Crippen LogP contribution in [0, 0.1) is 0 Å². The molecule has 26 nitrogen and oxygen atoms in total. The van der Waals surface area contributed by atoms with Crippen molar-refractivity contribution in [2.24, 2.45) is 0 Å². The number of aromatic nitrogens is 6. The fourth-order valence-electron chi connectivity index (χ4n) is 7.69. The number of phosphoric ester groups is 2. The molecule has 70 heavy (non-hydrogen) atoms. The Morgan fingerprint density at radius 2 is 1.56 bits per heavy atom. The summed E-state index contributed by atoms with van der Waals surface area (Å²) in [6.07, 6.45) is -5.75. The highest BCUT2D eigenvalue weighted by Gasteiger charge is 2.50. The highest BCUT2D eigenvalue weighted by atomic mass is 31.2. The van der Waals surface area contributed by atoms with Gasteiger partial charge in [-0.3, -0.25) is 32.3 Å². The van der Waals surface area contributed by atoms with Crippen LogP contribution in [0.1, 0.15) is 42.8 Å². The van der Waals surface area contributed by atoms with E-state index >= 15 is 0 Å². The molecule has 4 unspecified atom stereocenters. The number of nitrogen functional groups attached to an aromatic ring is 2. The van der Waals surface area contributed by atoms with Crippen molar-refractivity contribution in [2.75, 3.05) is 24.7 Å². The van der Waals surface area contributed by atoms with Crippen molar-refractivity contribution in [3.8, 4) is 0 Å². The van der Waals surface area contributed by atoms with Gasteiger partial charge < -0.3 is 56.1 Å². The average Bonchev–Trinajstić information content (AvgIpc) is 4.02. The Bertz CT molecular complexity index is 2800. The van der Waals surface area contributed by atoms with Crippen LogP contribution in [-0.4, -0.2) is 122 Å². The molecule has 2 saturated heterocycles. The van der Waals surface area contributed by atoms with E-state index in [1.54, 1.807) is 66.7 Å². The Morgan fingerprint density at radius 3 is 2.21 bits per heavy atom. The second-order valence-electron chi connectivity index (χ2n) is 16.0. The predicted octanol–water partition coefficient (Wildman–Crippen LogP) is 0.738. The van der Waals surface area contributed by atoms with Crippen LogP contribution in [0.3, 0.4) is 0 Å². The largest absolute Gasteiger partial charge is 0.472 e. The second-order valence-corrected chi connectivity index (χ2v) is 18.7. The minimum atomic E-state index is -5.29. The Kier molecular flexibility index (Phi) is 16.7. The maximum absolute atomic E-state index is 14.5. The van der Waals surface area contributed by atoms with Crippen molar-refractivity contribution < 1.29 is 71.1 Å². The summed E-state index contributed by atoms with van der Waals surface area (Å²) in [5.74, 6) is -2.40. The first-order valence-electron chi connectivity index (χ1n) is 21.5. The first-order chi connectivity index (χ1) is 33.4. The molecule has 3 aromatic heterocycles. The molecule has 0 bridgehead atoms. The summed E-state index contributed by atoms with van der Waals surface area (Å²) in [6.45, 7) is 1.83. The van der Waals surface area contributed by atoms with Gasteiger partial charge in [0.25, 0.3) is 0 Å². The standard InChI is InChI=1S/C42H50N10O16P2/c1-2-3-14-32(53)48-26(17-24-10-6-4-7-11-24)39(55)49-27(18-25-12-8-5-9-13-25)41(56)67-36-30(66-40(35(36)54)52-23-47-34-37(44)45-22-46-38(34)52)21-64-70(61,62)68-28-19-33(51-16-15-31(43)50-42(51)57)65-29(28)20-63-69(58,59)60/h2,4-13,15-16,22-23,26-30,33,35-36,40,54H,1,3,14,17-21H2,(H,48,53)(H,49,55)(H,61,62)(H2,43,50,57)(H2,44,45,46)(H2,58,59,60)/t26-,27-,28?,29+,30+,33+,35?,36?,40+/m0/s1. The lowest BCUT2D eigenvalue weighted by Crippen LogP contribution is -2.54. The molecular weight excluding hydrogens is 962 g/mol. The van der Waals surface area contributed by atoms with Crippen molar-refractivity contribution >= 4 is 56.2 Å². The minimum absolute atomic E-state index is 0.0143. The number of amides is 2. The number of carbonyl (C=O) groups is 3. The summed E-state index contributed by atoms with van der Waals surface area (Å²) >= 11 is 0. The van der Waals surface area contributed by atoms with E-state index in [0.29, 0.717) is 17.5 Å². The molecule has 0 aliphatic carbocycles. The van der Waals surface area contributed by atoms with Gasteiger partial charge in [-0.15, -0.1) is 6.58 Å². The molecule has 5 heterocycles. The molecule has 0 radical (unpaired) electrons. The van der Waals surface area contributed by atoms with Gasteiger partial charge in [-0.1, -0.05) is 66.7 Å². The maximum Gasteiger partial charge on any atom is 0.472 e. The number of hydrogen-bond acceptors (Lipinski definition) is 19. The maximum atomic E-state index is 14.5. The highest BCUT2D eigenvalue weighted by molar-refractivity contribution is 7.47. The van der Waals surface area contributed by atoms with Crippen LogP contribution < -0.4 is 27.8 Å². The zero-order chi connectivity index (χ0) is 50.2. The van der Waals surface area contributed by atoms with Crippen LogP contribution in [-0.2, 0) is 64.1 Å². The summed E-state index contributed by atoms with van der Waals surface area (Å²) in [5.41, 5.74) is 12.2. The summed E-state index contributed by atoms with van der Waals surface area (Å²) in [7, 11) is -10.4. The van der Waals surface area contributed by atoms with Gasteiger partial charge in [-0.25, -0.2) is 33.7 Å². The number of imidazole rings is 1. The van der Waals surface area contributed by atoms with Crippen LogP contribution in [0.15, 0.2) is 103 Å². The lowest BCUT2D eigenvalue weighted by molar-refractivity contribution is -0.160. The van der Waals surface area contributed by atoms with Crippen LogP contribution >= 0.6 is 15.6 Å². The third-order valence-electron chi connectivity index (χ3n) is 11.0. The molecule has 2 fully saturated rings. The number of anilines is 2. The molecule has 5 aromatic rings. The fourth-order valence-corrected chi connectivity index (χ4v) is 8.99. The number of allylic oxidation sites excluding steroid dienone is 1. The normalized spacial score (nSPS) is 23.0. The van der Waals surface area contributed by atoms with Crippen molar-refractivity contribution in [1.29, 1.82) is 0 Å². The van der Waals surface area contributed by atoms with Crippen molar-refractivity contribution in [2.45, 2.75) is 87.2 Å². The van der Waals surface area contributed by atoms with E-state index in [0.717, 1.165) is 10.9 Å². The Hall–Kier alpha value is -6.28. The van der Waals surface area contributed by atoms with Gasteiger partial charge in [-0.05, 0) is 23.6 Å². The van der Waals surface area contributed by atoms with Crippen molar-refractivity contribution in [3.63, 3.8) is 0 Å². The van der Waals surface area contributed by atoms with E-state index in [1.807, 2.05) is 0 Å². The van der Waals surface area contributed by atoms with Crippen LogP contribution in [0.4, 0.5) is 11.6 Å². The van der Waals surface area contributed by atoms with E-state index in [4.69, 9.17) is 34.7 Å². The third kappa shape index (κ3) is 13.3. The molecular formula is C42H50N10O16P2. The number of phosphoric acid groups is 2.